The molecule has 0 spiro atoms. The third-order valence-electron chi connectivity index (χ3n) is 2.64. The smallest absolute Gasteiger partial charge is 0.262 e. The molecule has 8 nitrogen and oxygen atoms in total. The van der Waals surface area contributed by atoms with E-state index in [9.17, 15) is 20.2 Å². The molecule has 8 heteroatoms. The lowest BCUT2D eigenvalue weighted by Crippen LogP contribution is -2.06. The minimum Gasteiger partial charge on any atom is -0.262 e. The number of hydrogen-bond donors (Lipinski definition) is 0. The second-order valence-corrected chi connectivity index (χ2v) is 4.06. The van der Waals surface area contributed by atoms with Crippen LogP contribution in [0.3, 0.4) is 0 Å². The van der Waals surface area contributed by atoms with Crippen LogP contribution in [0.15, 0.2) is 64.8 Å². The van der Waals surface area contributed by atoms with Gasteiger partial charge in [-0.2, -0.15) is 0 Å². The fraction of sp³-hybridized carbons (Fsp3) is 0.0769. The van der Waals surface area contributed by atoms with Crippen molar-refractivity contribution in [1.82, 2.24) is 0 Å². The van der Waals surface area contributed by atoms with Crippen LogP contribution in [0.1, 0.15) is 11.7 Å². The number of rotatable bonds is 5. The molecule has 0 bridgehead atoms. The maximum absolute atomic E-state index is 11.0. The summed E-state index contributed by atoms with van der Waals surface area (Å²) in [7, 11) is 0. The summed E-state index contributed by atoms with van der Waals surface area (Å²) in [5.41, 5.74) is 0.638. The third-order valence-corrected chi connectivity index (χ3v) is 2.64. The molecule has 0 amide bonds. The fourth-order valence-corrected chi connectivity index (χ4v) is 1.62. The van der Waals surface area contributed by atoms with E-state index < -0.39 is 16.0 Å². The summed E-state index contributed by atoms with van der Waals surface area (Å²) in [4.78, 5) is 20.5. The first-order chi connectivity index (χ1) is 10.1. The van der Waals surface area contributed by atoms with Crippen molar-refractivity contribution in [2.24, 2.45) is 10.2 Å². The lowest BCUT2D eigenvalue weighted by molar-refractivity contribution is -0.528. The Balaban J connectivity index is 2.21. The summed E-state index contributed by atoms with van der Waals surface area (Å²) >= 11 is 0. The Morgan fingerprint density at radius 2 is 1.52 bits per heavy atom. The van der Waals surface area contributed by atoms with E-state index >= 15 is 0 Å². The van der Waals surface area contributed by atoms with E-state index in [1.54, 1.807) is 30.3 Å². The average Bonchev–Trinajstić information content (AvgIpc) is 2.48. The monoisotopic (exact) mass is 286 g/mol. The summed E-state index contributed by atoms with van der Waals surface area (Å²) in [5.74, 6) is 0. The van der Waals surface area contributed by atoms with Crippen LogP contribution in [0.2, 0.25) is 0 Å². The lowest BCUT2D eigenvalue weighted by Gasteiger charge is -2.02. The lowest BCUT2D eigenvalue weighted by atomic mass is 10.2. The molecule has 0 aliphatic heterocycles. The van der Waals surface area contributed by atoms with E-state index in [0.717, 1.165) is 0 Å². The minimum absolute atomic E-state index is 0.0807. The van der Waals surface area contributed by atoms with Crippen LogP contribution in [-0.4, -0.2) is 9.85 Å². The van der Waals surface area contributed by atoms with E-state index in [1.165, 1.54) is 24.3 Å². The topological polar surface area (TPSA) is 111 Å². The minimum atomic E-state index is -1.30. The maximum Gasteiger partial charge on any atom is 0.346 e. The fourth-order valence-electron chi connectivity index (χ4n) is 1.62. The molecule has 0 aliphatic carbocycles. The van der Waals surface area contributed by atoms with Crippen molar-refractivity contribution in [2.45, 2.75) is 6.17 Å². The number of hydrogen-bond acceptors (Lipinski definition) is 6. The number of benzene rings is 2. The van der Waals surface area contributed by atoms with Gasteiger partial charge in [-0.3, -0.25) is 20.2 Å². The molecule has 0 N–H and O–H groups in total. The molecule has 1 atom stereocenters. The molecular formula is C13H10N4O4. The number of azo groups is 1. The van der Waals surface area contributed by atoms with Crippen molar-refractivity contribution in [1.29, 1.82) is 0 Å². The molecule has 0 aromatic heterocycles. The Kier molecular flexibility index (Phi) is 4.30. The first-order valence-corrected chi connectivity index (χ1v) is 5.91. The largest absolute Gasteiger partial charge is 0.346 e. The van der Waals surface area contributed by atoms with Crippen molar-refractivity contribution < 1.29 is 9.85 Å². The first-order valence-electron chi connectivity index (χ1n) is 5.91. The van der Waals surface area contributed by atoms with Crippen LogP contribution < -0.4 is 0 Å². The van der Waals surface area contributed by atoms with Crippen LogP contribution in [0.25, 0.3) is 0 Å². The normalized spacial score (nSPS) is 12.2. The van der Waals surface area contributed by atoms with Gasteiger partial charge in [-0.25, -0.2) is 0 Å². The van der Waals surface area contributed by atoms with Crippen molar-refractivity contribution in [3.05, 3.63) is 80.4 Å². The summed E-state index contributed by atoms with van der Waals surface area (Å²) in [5, 5.41) is 29.0. The Bertz CT molecular complexity index is 670. The zero-order chi connectivity index (χ0) is 15.2. The van der Waals surface area contributed by atoms with Crippen LogP contribution in [-0.2, 0) is 0 Å². The van der Waals surface area contributed by atoms with E-state index in [0.29, 0.717) is 11.3 Å². The summed E-state index contributed by atoms with van der Waals surface area (Å²) in [6, 6.07) is 13.5. The molecule has 0 saturated carbocycles. The molecule has 0 saturated heterocycles. The molecular weight excluding hydrogens is 276 g/mol. The third kappa shape index (κ3) is 3.66. The Morgan fingerprint density at radius 3 is 2.05 bits per heavy atom. The van der Waals surface area contributed by atoms with Crippen molar-refractivity contribution in [2.75, 3.05) is 0 Å². The molecule has 2 aromatic rings. The van der Waals surface area contributed by atoms with Crippen LogP contribution in [0.4, 0.5) is 11.4 Å². The SMILES string of the molecule is O=[N+]([O-])c1ccc(N=NC(c2ccccc2)[N+](=O)[O-])cc1. The standard InChI is InChI=1S/C13H10N4O4/c18-16(19)12-8-6-11(7-9-12)14-15-13(17(20)21)10-4-2-1-3-5-10/h1-9,13H. The van der Waals surface area contributed by atoms with E-state index in [1.807, 2.05) is 0 Å². The predicted octanol–water partition coefficient (Wildman–Crippen LogP) is 3.65. The second-order valence-electron chi connectivity index (χ2n) is 4.06. The average molecular weight is 286 g/mol. The number of non-ortho nitro benzene ring substituents is 1. The Morgan fingerprint density at radius 1 is 0.905 bits per heavy atom. The molecule has 2 aromatic carbocycles. The van der Waals surface area contributed by atoms with Gasteiger partial charge < -0.3 is 0 Å². The van der Waals surface area contributed by atoms with Gasteiger partial charge >= 0.3 is 6.17 Å². The summed E-state index contributed by atoms with van der Waals surface area (Å²) in [6.07, 6.45) is -1.30. The Hall–Kier alpha value is -3.16. The zero-order valence-corrected chi connectivity index (χ0v) is 10.7. The number of nitro groups is 2. The van der Waals surface area contributed by atoms with Gasteiger partial charge in [-0.1, -0.05) is 18.2 Å². The second kappa shape index (κ2) is 6.33. The highest BCUT2D eigenvalue weighted by Crippen LogP contribution is 2.23. The van der Waals surface area contributed by atoms with E-state index in [4.69, 9.17) is 0 Å². The molecule has 0 aliphatic rings. The highest BCUT2D eigenvalue weighted by molar-refractivity contribution is 5.43. The van der Waals surface area contributed by atoms with Gasteiger partial charge in [-0.05, 0) is 24.3 Å². The van der Waals surface area contributed by atoms with E-state index in [-0.39, 0.29) is 5.69 Å². The van der Waals surface area contributed by atoms with Crippen LogP contribution in [0, 0.1) is 20.2 Å². The van der Waals surface area contributed by atoms with Crippen LogP contribution >= 0.6 is 0 Å². The van der Waals surface area contributed by atoms with Gasteiger partial charge in [0.2, 0.25) is 0 Å². The molecule has 0 fully saturated rings. The van der Waals surface area contributed by atoms with Crippen molar-refractivity contribution in [3.8, 4) is 0 Å². The summed E-state index contributed by atoms with van der Waals surface area (Å²) in [6.45, 7) is 0. The molecule has 0 radical (unpaired) electrons. The molecule has 1 unspecified atom stereocenters. The van der Waals surface area contributed by atoms with Crippen LogP contribution in [0.5, 0.6) is 0 Å². The Labute approximate surface area is 119 Å². The first kappa shape index (κ1) is 14.3. The quantitative estimate of drug-likeness (QED) is 0.474. The number of nitrogens with zero attached hydrogens (tertiary/aromatic N) is 4. The van der Waals surface area contributed by atoms with Gasteiger partial charge in [0.25, 0.3) is 5.69 Å². The van der Waals surface area contributed by atoms with E-state index in [2.05, 4.69) is 10.2 Å². The van der Waals surface area contributed by atoms with Gasteiger partial charge in [-0.15, -0.1) is 10.2 Å². The van der Waals surface area contributed by atoms with Gasteiger partial charge in [0, 0.05) is 12.1 Å². The van der Waals surface area contributed by atoms with Gasteiger partial charge in [0.05, 0.1) is 21.1 Å². The maximum atomic E-state index is 11.0. The zero-order valence-electron chi connectivity index (χ0n) is 10.7. The highest BCUT2D eigenvalue weighted by Gasteiger charge is 2.21. The number of nitro benzene ring substituents is 1. The predicted molar refractivity (Wildman–Crippen MR) is 73.8 cm³/mol. The highest BCUT2D eigenvalue weighted by atomic mass is 16.6. The van der Waals surface area contributed by atoms with Crippen molar-refractivity contribution >= 4 is 11.4 Å². The van der Waals surface area contributed by atoms with Gasteiger partial charge in [0.15, 0.2) is 0 Å². The molecule has 0 heterocycles. The summed E-state index contributed by atoms with van der Waals surface area (Å²) < 4.78 is 0. The molecule has 106 valence electrons. The van der Waals surface area contributed by atoms with Gasteiger partial charge in [0.1, 0.15) is 0 Å². The molecule has 2 rings (SSSR count). The molecule has 21 heavy (non-hydrogen) atoms. The van der Waals surface area contributed by atoms with Crippen molar-refractivity contribution in [3.63, 3.8) is 0 Å².